The Hall–Kier alpha value is -3.59. The molecule has 9 nitrogen and oxygen atoms in total. The Morgan fingerprint density at radius 1 is 0.778 bits per heavy atom. The van der Waals surface area contributed by atoms with Crippen LogP contribution in [0.3, 0.4) is 0 Å². The average molecular weight is 498 g/mol. The van der Waals surface area contributed by atoms with Crippen LogP contribution < -0.4 is 16.0 Å². The summed E-state index contributed by atoms with van der Waals surface area (Å²) in [6, 6.07) is 17.5. The fraction of sp³-hybridized carbons (Fsp3) is 0.444. The summed E-state index contributed by atoms with van der Waals surface area (Å²) in [5.41, 5.74) is 1.64. The summed E-state index contributed by atoms with van der Waals surface area (Å²) in [6.07, 6.45) is 3.21. The number of aliphatic hydroxyl groups excluding tert-OH is 1. The van der Waals surface area contributed by atoms with Gasteiger partial charge >= 0.3 is 12.2 Å². The molecule has 0 bridgehead atoms. The summed E-state index contributed by atoms with van der Waals surface area (Å²) < 4.78 is 10.5. The summed E-state index contributed by atoms with van der Waals surface area (Å²) >= 11 is 0. The van der Waals surface area contributed by atoms with E-state index in [1.165, 1.54) is 6.42 Å². The van der Waals surface area contributed by atoms with Gasteiger partial charge in [-0.05, 0) is 23.5 Å². The Labute approximate surface area is 211 Å². The maximum Gasteiger partial charge on any atom is 0.409 e. The summed E-state index contributed by atoms with van der Waals surface area (Å²) in [6.45, 7) is -0.406. The second-order valence-electron chi connectivity index (χ2n) is 8.95. The number of hydrogen-bond acceptors (Lipinski definition) is 6. The lowest BCUT2D eigenvalue weighted by atomic mass is 9.84. The molecule has 1 fully saturated rings. The fourth-order valence-electron chi connectivity index (χ4n) is 4.20. The lowest BCUT2D eigenvalue weighted by Crippen LogP contribution is -2.56. The molecule has 2 atom stereocenters. The number of amides is 3. The monoisotopic (exact) mass is 497 g/mol. The number of rotatable bonds is 11. The first kappa shape index (κ1) is 27.0. The average Bonchev–Trinajstić information content (AvgIpc) is 2.91. The number of aliphatic hydroxyl groups is 1. The third kappa shape index (κ3) is 9.58. The fourth-order valence-corrected chi connectivity index (χ4v) is 4.20. The number of hydrogen-bond donors (Lipinski definition) is 4. The van der Waals surface area contributed by atoms with Crippen molar-refractivity contribution in [3.8, 4) is 0 Å². The summed E-state index contributed by atoms with van der Waals surface area (Å²) in [4.78, 5) is 37.7. The molecule has 1 saturated carbocycles. The normalized spacial score (nSPS) is 15.2. The molecule has 0 radical (unpaired) electrons. The highest BCUT2D eigenvalue weighted by atomic mass is 16.6. The maximum atomic E-state index is 13.1. The Morgan fingerprint density at radius 3 is 1.83 bits per heavy atom. The Balaban J connectivity index is 1.53. The topological polar surface area (TPSA) is 126 Å². The van der Waals surface area contributed by atoms with Crippen LogP contribution in [-0.2, 0) is 27.5 Å². The maximum absolute atomic E-state index is 13.1. The molecule has 1 aliphatic carbocycles. The highest BCUT2D eigenvalue weighted by Gasteiger charge is 2.28. The van der Waals surface area contributed by atoms with Gasteiger partial charge in [-0.3, -0.25) is 10.1 Å². The van der Waals surface area contributed by atoms with E-state index in [2.05, 4.69) is 16.0 Å². The Bertz CT molecular complexity index is 950. The van der Waals surface area contributed by atoms with Gasteiger partial charge in [-0.1, -0.05) is 92.8 Å². The molecule has 2 aromatic carbocycles. The van der Waals surface area contributed by atoms with Crippen LogP contribution >= 0.6 is 0 Å². The smallest absolute Gasteiger partial charge is 0.409 e. The van der Waals surface area contributed by atoms with Crippen LogP contribution in [0.2, 0.25) is 0 Å². The van der Waals surface area contributed by atoms with E-state index in [1.54, 1.807) is 0 Å². The van der Waals surface area contributed by atoms with Crippen molar-refractivity contribution < 1.29 is 29.0 Å². The first-order valence-electron chi connectivity index (χ1n) is 12.4. The molecule has 4 N–H and O–H groups in total. The SMILES string of the molecule is O=C(N[C@@H](CO)NC(=O)[C@H](CC1CCCCC1)NC(=O)OCc1ccccc1)OCc1ccccc1. The molecule has 2 aromatic rings. The molecular formula is C27H35N3O6. The summed E-state index contributed by atoms with van der Waals surface area (Å²) in [5.74, 6) is -0.222. The second kappa shape index (κ2) is 14.7. The first-order chi connectivity index (χ1) is 17.5. The van der Waals surface area contributed by atoms with Gasteiger partial charge in [0.2, 0.25) is 5.91 Å². The van der Waals surface area contributed by atoms with E-state index in [0.717, 1.165) is 36.8 Å². The molecule has 9 heteroatoms. The molecule has 0 aliphatic heterocycles. The molecular weight excluding hydrogens is 462 g/mol. The van der Waals surface area contributed by atoms with Crippen molar-refractivity contribution in [2.45, 2.75) is 63.9 Å². The lowest BCUT2D eigenvalue weighted by molar-refractivity contribution is -0.124. The van der Waals surface area contributed by atoms with Gasteiger partial charge in [-0.2, -0.15) is 0 Å². The zero-order valence-corrected chi connectivity index (χ0v) is 20.4. The van der Waals surface area contributed by atoms with Gasteiger partial charge < -0.3 is 25.2 Å². The van der Waals surface area contributed by atoms with Crippen LogP contribution in [0.5, 0.6) is 0 Å². The van der Waals surface area contributed by atoms with E-state index in [0.29, 0.717) is 12.3 Å². The van der Waals surface area contributed by atoms with Crippen LogP contribution in [0.15, 0.2) is 60.7 Å². The van der Waals surface area contributed by atoms with E-state index in [9.17, 15) is 19.5 Å². The molecule has 36 heavy (non-hydrogen) atoms. The number of ether oxygens (including phenoxy) is 2. The molecule has 0 heterocycles. The zero-order chi connectivity index (χ0) is 25.6. The number of nitrogens with one attached hydrogen (secondary N) is 3. The van der Waals surface area contributed by atoms with Crippen molar-refractivity contribution in [1.82, 2.24) is 16.0 Å². The Morgan fingerprint density at radius 2 is 1.31 bits per heavy atom. The van der Waals surface area contributed by atoms with Gasteiger partial charge in [-0.15, -0.1) is 0 Å². The zero-order valence-electron chi connectivity index (χ0n) is 20.4. The molecule has 1 aliphatic rings. The van der Waals surface area contributed by atoms with Gasteiger partial charge in [0, 0.05) is 0 Å². The molecule has 0 unspecified atom stereocenters. The van der Waals surface area contributed by atoms with Crippen molar-refractivity contribution >= 4 is 18.1 Å². The van der Waals surface area contributed by atoms with E-state index in [-0.39, 0.29) is 13.2 Å². The van der Waals surface area contributed by atoms with Crippen LogP contribution in [0, 0.1) is 5.92 Å². The van der Waals surface area contributed by atoms with Crippen molar-refractivity contribution in [1.29, 1.82) is 0 Å². The van der Waals surface area contributed by atoms with Crippen LogP contribution in [-0.4, -0.2) is 42.0 Å². The lowest BCUT2D eigenvalue weighted by Gasteiger charge is -2.28. The highest BCUT2D eigenvalue weighted by molar-refractivity contribution is 5.86. The van der Waals surface area contributed by atoms with Crippen molar-refractivity contribution in [3.05, 3.63) is 71.8 Å². The molecule has 3 rings (SSSR count). The van der Waals surface area contributed by atoms with E-state index >= 15 is 0 Å². The summed E-state index contributed by atoms with van der Waals surface area (Å²) in [5, 5.41) is 17.4. The van der Waals surface area contributed by atoms with Crippen LogP contribution in [0.4, 0.5) is 9.59 Å². The van der Waals surface area contributed by atoms with Gasteiger partial charge in [0.25, 0.3) is 0 Å². The summed E-state index contributed by atoms with van der Waals surface area (Å²) in [7, 11) is 0. The molecule has 0 aromatic heterocycles. The third-order valence-electron chi connectivity index (χ3n) is 6.12. The molecule has 0 spiro atoms. The molecule has 3 amide bonds. The predicted octanol–water partition coefficient (Wildman–Crippen LogP) is 3.61. The number of carbonyl (C=O) groups is 3. The Kier molecular flexibility index (Phi) is 11.0. The van der Waals surface area contributed by atoms with Gasteiger partial charge in [0.05, 0.1) is 6.61 Å². The van der Waals surface area contributed by atoms with E-state index in [1.807, 2.05) is 60.7 Å². The number of alkyl carbamates (subject to hydrolysis) is 2. The van der Waals surface area contributed by atoms with Gasteiger partial charge in [0.15, 0.2) is 0 Å². The minimum atomic E-state index is -1.07. The van der Waals surface area contributed by atoms with Crippen LogP contribution in [0.25, 0.3) is 0 Å². The third-order valence-corrected chi connectivity index (χ3v) is 6.12. The minimum Gasteiger partial charge on any atom is -0.445 e. The minimum absolute atomic E-state index is 0.0535. The highest BCUT2D eigenvalue weighted by Crippen LogP contribution is 2.27. The van der Waals surface area contributed by atoms with E-state index in [4.69, 9.17) is 9.47 Å². The second-order valence-corrected chi connectivity index (χ2v) is 8.95. The predicted molar refractivity (Wildman–Crippen MR) is 134 cm³/mol. The van der Waals surface area contributed by atoms with E-state index < -0.39 is 36.9 Å². The quantitative estimate of drug-likeness (QED) is 0.352. The van der Waals surface area contributed by atoms with Gasteiger partial charge in [0.1, 0.15) is 25.4 Å². The number of benzene rings is 2. The first-order valence-corrected chi connectivity index (χ1v) is 12.4. The van der Waals surface area contributed by atoms with Crippen molar-refractivity contribution in [3.63, 3.8) is 0 Å². The number of carbonyl (C=O) groups excluding carboxylic acids is 3. The largest absolute Gasteiger partial charge is 0.445 e. The molecule has 0 saturated heterocycles. The van der Waals surface area contributed by atoms with Crippen LogP contribution in [0.1, 0.15) is 49.7 Å². The van der Waals surface area contributed by atoms with Gasteiger partial charge in [-0.25, -0.2) is 9.59 Å². The van der Waals surface area contributed by atoms with Crippen molar-refractivity contribution in [2.75, 3.05) is 6.61 Å². The standard InChI is InChI=1S/C27H35N3O6/c31-17-24(30-27(34)36-19-22-14-8-3-9-15-22)29-25(32)23(16-20-10-4-1-5-11-20)28-26(33)35-18-21-12-6-2-7-13-21/h2-3,6-9,12-15,20,23-24,31H,1,4-5,10-11,16-19H2,(H,28,33)(H,29,32)(H,30,34)/t23-,24-/m0/s1. The molecule has 194 valence electrons. The van der Waals surface area contributed by atoms with Crippen molar-refractivity contribution in [2.24, 2.45) is 5.92 Å².